The molecule has 5 rings (SSSR count). The maximum Gasteiger partial charge on any atom is 0.282 e. The lowest BCUT2D eigenvalue weighted by atomic mass is 10.0. The third kappa shape index (κ3) is 3.71. The Bertz CT molecular complexity index is 1290. The zero-order valence-electron chi connectivity index (χ0n) is 19.4. The van der Waals surface area contributed by atoms with Crippen LogP contribution >= 0.6 is 0 Å². The van der Waals surface area contributed by atoms with Crippen LogP contribution < -0.4 is 19.3 Å². The fraction of sp³-hybridized carbons (Fsp3) is 0.214. The maximum absolute atomic E-state index is 13.8. The minimum atomic E-state index is -0.352. The van der Waals surface area contributed by atoms with Crippen LogP contribution in [0.1, 0.15) is 25.0 Å². The predicted octanol–water partition coefficient (Wildman–Crippen LogP) is 4.83. The molecule has 3 aromatic rings. The molecular weight excluding hydrogens is 428 g/mol. The van der Waals surface area contributed by atoms with Crippen LogP contribution in [0.25, 0.3) is 5.57 Å². The van der Waals surface area contributed by atoms with Gasteiger partial charge in [-0.2, -0.15) is 0 Å². The molecular formula is C28H26N2O4. The quantitative estimate of drug-likeness (QED) is 0.500. The lowest BCUT2D eigenvalue weighted by Gasteiger charge is -2.22. The molecule has 2 aliphatic heterocycles. The minimum absolute atomic E-state index is 0.0416. The molecule has 2 amide bonds. The Morgan fingerprint density at radius 1 is 0.853 bits per heavy atom. The summed E-state index contributed by atoms with van der Waals surface area (Å²) in [5, 5.41) is 0. The Morgan fingerprint density at radius 2 is 1.62 bits per heavy atom. The number of rotatable bonds is 6. The molecule has 0 radical (unpaired) electrons. The summed E-state index contributed by atoms with van der Waals surface area (Å²) in [5.41, 5.74) is 4.07. The summed E-state index contributed by atoms with van der Waals surface area (Å²) in [6.07, 6.45) is 0.856. The van der Waals surface area contributed by atoms with Crippen LogP contribution in [-0.4, -0.2) is 31.6 Å². The fourth-order valence-electron chi connectivity index (χ4n) is 4.56. The lowest BCUT2D eigenvalue weighted by Crippen LogP contribution is -2.34. The fourth-order valence-corrected chi connectivity index (χ4v) is 4.56. The van der Waals surface area contributed by atoms with Gasteiger partial charge in [-0.3, -0.25) is 9.59 Å². The van der Waals surface area contributed by atoms with Crippen molar-refractivity contribution < 1.29 is 19.1 Å². The van der Waals surface area contributed by atoms with E-state index in [0.717, 1.165) is 17.7 Å². The van der Waals surface area contributed by atoms with Crippen molar-refractivity contribution in [2.75, 3.05) is 23.5 Å². The van der Waals surface area contributed by atoms with Crippen LogP contribution in [0.3, 0.4) is 0 Å². The van der Waals surface area contributed by atoms with Gasteiger partial charge in [-0.05, 0) is 61.7 Å². The molecule has 0 saturated heterocycles. The monoisotopic (exact) mass is 454 g/mol. The summed E-state index contributed by atoms with van der Waals surface area (Å²) in [4.78, 5) is 30.9. The highest BCUT2D eigenvalue weighted by molar-refractivity contribution is 6.46. The highest BCUT2D eigenvalue weighted by atomic mass is 16.5. The van der Waals surface area contributed by atoms with Crippen LogP contribution in [-0.2, 0) is 16.0 Å². The van der Waals surface area contributed by atoms with E-state index < -0.39 is 0 Å². The van der Waals surface area contributed by atoms with Gasteiger partial charge in [0.2, 0.25) is 0 Å². The predicted molar refractivity (Wildman–Crippen MR) is 132 cm³/mol. The molecule has 0 fully saturated rings. The van der Waals surface area contributed by atoms with E-state index in [1.807, 2.05) is 61.2 Å². The van der Waals surface area contributed by atoms with E-state index in [9.17, 15) is 9.59 Å². The van der Waals surface area contributed by atoms with Gasteiger partial charge in [0.1, 0.15) is 17.2 Å². The molecule has 6 heteroatoms. The number of methoxy groups -OCH3 is 1. The Kier molecular flexibility index (Phi) is 5.57. The number of anilines is 2. The number of ether oxygens (including phenoxy) is 2. The first-order valence-corrected chi connectivity index (χ1v) is 11.4. The molecule has 172 valence electrons. The van der Waals surface area contributed by atoms with E-state index in [4.69, 9.17) is 9.47 Å². The van der Waals surface area contributed by atoms with Crippen molar-refractivity contribution in [3.63, 3.8) is 0 Å². The first kappa shape index (κ1) is 21.8. The van der Waals surface area contributed by atoms with E-state index in [0.29, 0.717) is 40.6 Å². The second-order valence-electron chi connectivity index (χ2n) is 8.59. The Hall–Kier alpha value is -4.06. The molecule has 34 heavy (non-hydrogen) atoms. The number of imide groups is 1. The number of carbonyl (C=O) groups is 2. The highest BCUT2D eigenvalue weighted by Gasteiger charge is 2.44. The van der Waals surface area contributed by atoms with Crippen molar-refractivity contribution in [3.05, 3.63) is 89.6 Å². The van der Waals surface area contributed by atoms with Crippen molar-refractivity contribution in [3.8, 4) is 11.5 Å². The molecule has 2 heterocycles. The molecule has 0 aromatic heterocycles. The van der Waals surface area contributed by atoms with E-state index in [-0.39, 0.29) is 17.9 Å². The molecule has 0 spiro atoms. The van der Waals surface area contributed by atoms with Crippen LogP contribution in [0.2, 0.25) is 0 Å². The zero-order chi connectivity index (χ0) is 23.8. The van der Waals surface area contributed by atoms with E-state index in [2.05, 4.69) is 6.07 Å². The summed E-state index contributed by atoms with van der Waals surface area (Å²) < 4.78 is 11.1. The van der Waals surface area contributed by atoms with E-state index >= 15 is 0 Å². The Balaban J connectivity index is 1.63. The number of nitrogens with zero attached hydrogens (tertiary/aromatic N) is 2. The van der Waals surface area contributed by atoms with Crippen molar-refractivity contribution in [1.82, 2.24) is 0 Å². The van der Waals surface area contributed by atoms with Gasteiger partial charge in [0, 0.05) is 18.3 Å². The first-order chi connectivity index (χ1) is 16.5. The Labute approximate surface area is 199 Å². The maximum atomic E-state index is 13.8. The number of benzene rings is 3. The standard InChI is InChI=1S/C28H26N2O4/c1-18(2)34-22-13-11-20(12-14-22)25-26(29-16-15-19-7-4-5-10-24(19)29)28(32)30(27(25)31)21-8-6-9-23(17-21)33-3/h4-14,17-18H,15-16H2,1-3H3. The molecule has 0 atom stereocenters. The van der Waals surface area contributed by atoms with Gasteiger partial charge in [-0.1, -0.05) is 36.4 Å². The van der Waals surface area contributed by atoms with E-state index in [1.165, 1.54) is 4.90 Å². The topological polar surface area (TPSA) is 59.1 Å². The second-order valence-corrected chi connectivity index (χ2v) is 8.59. The minimum Gasteiger partial charge on any atom is -0.497 e. The molecule has 6 nitrogen and oxygen atoms in total. The zero-order valence-corrected chi connectivity index (χ0v) is 19.4. The summed E-state index contributed by atoms with van der Waals surface area (Å²) in [6, 6.07) is 22.4. The molecule has 2 aliphatic rings. The van der Waals surface area contributed by atoms with Gasteiger partial charge in [-0.25, -0.2) is 4.90 Å². The van der Waals surface area contributed by atoms with Crippen LogP contribution in [0, 0.1) is 0 Å². The van der Waals surface area contributed by atoms with Gasteiger partial charge in [0.25, 0.3) is 11.8 Å². The number of amides is 2. The highest BCUT2D eigenvalue weighted by Crippen LogP contribution is 2.40. The average molecular weight is 455 g/mol. The molecule has 0 bridgehead atoms. The molecule has 0 saturated carbocycles. The largest absolute Gasteiger partial charge is 0.497 e. The number of para-hydroxylation sites is 1. The van der Waals surface area contributed by atoms with Gasteiger partial charge in [0.15, 0.2) is 0 Å². The summed E-state index contributed by atoms with van der Waals surface area (Å²) >= 11 is 0. The van der Waals surface area contributed by atoms with Crippen molar-refractivity contribution in [1.29, 1.82) is 0 Å². The summed E-state index contributed by atoms with van der Waals surface area (Å²) in [6.45, 7) is 4.56. The average Bonchev–Trinajstić information content (AvgIpc) is 3.37. The molecule has 0 aliphatic carbocycles. The van der Waals surface area contributed by atoms with Gasteiger partial charge >= 0.3 is 0 Å². The second kappa shape index (κ2) is 8.71. The van der Waals surface area contributed by atoms with Crippen molar-refractivity contribution in [2.24, 2.45) is 0 Å². The van der Waals surface area contributed by atoms with E-state index in [1.54, 1.807) is 31.4 Å². The molecule has 0 unspecified atom stereocenters. The summed E-state index contributed by atoms with van der Waals surface area (Å²) in [5.74, 6) is 0.603. The molecule has 0 N–H and O–H groups in total. The third-order valence-corrected chi connectivity index (χ3v) is 6.04. The third-order valence-electron chi connectivity index (χ3n) is 6.04. The number of hydrogen-bond donors (Lipinski definition) is 0. The van der Waals surface area contributed by atoms with Crippen LogP contribution in [0.4, 0.5) is 11.4 Å². The van der Waals surface area contributed by atoms with Gasteiger partial charge in [-0.15, -0.1) is 0 Å². The normalized spacial score (nSPS) is 15.4. The van der Waals surface area contributed by atoms with Gasteiger partial charge < -0.3 is 14.4 Å². The SMILES string of the molecule is COc1cccc(N2C(=O)C(c3ccc(OC(C)C)cc3)=C(N3CCc4ccccc43)C2=O)c1. The number of fused-ring (bicyclic) bond motifs is 1. The molecule has 3 aromatic carbocycles. The first-order valence-electron chi connectivity index (χ1n) is 11.4. The Morgan fingerprint density at radius 3 is 2.35 bits per heavy atom. The summed E-state index contributed by atoms with van der Waals surface area (Å²) in [7, 11) is 1.56. The smallest absolute Gasteiger partial charge is 0.282 e. The van der Waals surface area contributed by atoms with Gasteiger partial charge in [0.05, 0.1) is 24.5 Å². The number of carbonyl (C=O) groups excluding carboxylic acids is 2. The van der Waals surface area contributed by atoms with Crippen molar-refractivity contribution in [2.45, 2.75) is 26.4 Å². The van der Waals surface area contributed by atoms with Crippen LogP contribution in [0.15, 0.2) is 78.5 Å². The van der Waals surface area contributed by atoms with Crippen molar-refractivity contribution >= 4 is 28.8 Å². The number of hydrogen-bond acceptors (Lipinski definition) is 5. The van der Waals surface area contributed by atoms with Crippen LogP contribution in [0.5, 0.6) is 11.5 Å². The lowest BCUT2D eigenvalue weighted by molar-refractivity contribution is -0.120.